The number of carbonyl (C=O) groups excluding carboxylic acids is 2. The third-order valence-corrected chi connectivity index (χ3v) is 4.94. The number of carbonyl (C=O) groups is 2. The van der Waals surface area contributed by atoms with Crippen molar-refractivity contribution in [3.05, 3.63) is 0 Å². The molecule has 1 heterocycles. The highest BCUT2D eigenvalue weighted by molar-refractivity contribution is 5.81. The minimum Gasteiger partial charge on any atom is -0.347 e. The van der Waals surface area contributed by atoms with Crippen LogP contribution in [0.4, 0.5) is 4.79 Å². The molecule has 1 saturated carbocycles. The van der Waals surface area contributed by atoms with Gasteiger partial charge in [0.15, 0.2) is 0 Å². The smallest absolute Gasteiger partial charge is 0.315 e. The molecule has 1 aliphatic heterocycles. The van der Waals surface area contributed by atoms with Gasteiger partial charge in [-0.2, -0.15) is 0 Å². The molecule has 2 rings (SSSR count). The Balaban J connectivity index is 1.60. The van der Waals surface area contributed by atoms with Gasteiger partial charge in [0.1, 0.15) is 0 Å². The number of nitrogens with one attached hydrogen (secondary N) is 2. The van der Waals surface area contributed by atoms with Crippen molar-refractivity contribution in [2.45, 2.75) is 63.5 Å². The molecule has 1 atom stereocenters. The van der Waals surface area contributed by atoms with Gasteiger partial charge in [-0.1, -0.05) is 19.3 Å². The Morgan fingerprint density at radius 2 is 1.83 bits per heavy atom. The number of likely N-dealkylation sites (N-methyl/N-ethyl adjacent to an activating group) is 1. The highest BCUT2D eigenvalue weighted by Gasteiger charge is 2.31. The molecule has 0 radical (unpaired) electrons. The van der Waals surface area contributed by atoms with Crippen LogP contribution in [0.25, 0.3) is 0 Å². The minimum absolute atomic E-state index is 0.0288. The van der Waals surface area contributed by atoms with Gasteiger partial charge >= 0.3 is 6.03 Å². The maximum Gasteiger partial charge on any atom is 0.315 e. The van der Waals surface area contributed by atoms with Crippen molar-refractivity contribution >= 4 is 11.9 Å². The van der Waals surface area contributed by atoms with Gasteiger partial charge in [-0.25, -0.2) is 4.79 Å². The maximum absolute atomic E-state index is 12.1. The molecule has 6 nitrogen and oxygen atoms in total. The number of hydrogen-bond donors (Lipinski definition) is 2. The van der Waals surface area contributed by atoms with E-state index in [1.807, 2.05) is 14.1 Å². The topological polar surface area (TPSA) is 64.7 Å². The predicted octanol–water partition coefficient (Wildman–Crippen LogP) is 1.56. The van der Waals surface area contributed by atoms with Gasteiger partial charge < -0.3 is 15.5 Å². The lowest BCUT2D eigenvalue weighted by atomic mass is 9.96. The van der Waals surface area contributed by atoms with E-state index in [1.54, 1.807) is 4.90 Å². The van der Waals surface area contributed by atoms with E-state index in [1.165, 1.54) is 19.3 Å². The molecule has 1 aliphatic carbocycles. The highest BCUT2D eigenvalue weighted by Crippen LogP contribution is 2.19. The summed E-state index contributed by atoms with van der Waals surface area (Å²) in [5, 5.41) is 6.01. The maximum atomic E-state index is 12.1. The molecule has 1 saturated heterocycles. The molecule has 2 aliphatic rings. The van der Waals surface area contributed by atoms with Crippen LogP contribution in [-0.2, 0) is 4.79 Å². The lowest BCUT2D eigenvalue weighted by molar-refractivity contribution is -0.133. The Morgan fingerprint density at radius 1 is 1.09 bits per heavy atom. The van der Waals surface area contributed by atoms with Gasteiger partial charge in [0.25, 0.3) is 0 Å². The second-order valence-electron chi connectivity index (χ2n) is 7.02. The molecule has 2 N–H and O–H groups in total. The van der Waals surface area contributed by atoms with Crippen LogP contribution in [0.2, 0.25) is 0 Å². The first-order chi connectivity index (χ1) is 11.1. The summed E-state index contributed by atoms with van der Waals surface area (Å²) in [6.07, 6.45) is 8.87. The molecule has 0 aromatic heterocycles. The number of hydrogen-bond acceptors (Lipinski definition) is 3. The fraction of sp³-hybridized carbons (Fsp3) is 0.882. The normalized spacial score (nSPS) is 22.8. The first-order valence-corrected chi connectivity index (χ1v) is 9.07. The van der Waals surface area contributed by atoms with Crippen molar-refractivity contribution in [3.63, 3.8) is 0 Å². The van der Waals surface area contributed by atoms with E-state index in [9.17, 15) is 9.59 Å². The van der Waals surface area contributed by atoms with E-state index in [0.717, 1.165) is 45.2 Å². The Labute approximate surface area is 140 Å². The molecule has 0 bridgehead atoms. The van der Waals surface area contributed by atoms with Crippen LogP contribution in [0.1, 0.15) is 51.4 Å². The van der Waals surface area contributed by atoms with Crippen LogP contribution in [-0.4, -0.2) is 67.6 Å². The molecule has 23 heavy (non-hydrogen) atoms. The van der Waals surface area contributed by atoms with Crippen molar-refractivity contribution in [2.24, 2.45) is 0 Å². The summed E-state index contributed by atoms with van der Waals surface area (Å²) in [4.78, 5) is 27.9. The van der Waals surface area contributed by atoms with Crippen LogP contribution in [0.5, 0.6) is 0 Å². The summed E-state index contributed by atoms with van der Waals surface area (Å²) in [7, 11) is 3.63. The number of urea groups is 1. The van der Waals surface area contributed by atoms with E-state index in [-0.39, 0.29) is 18.0 Å². The molecule has 2 fully saturated rings. The standard InChI is InChI=1S/C17H32N4O2/c1-20(2)16(22)15-10-6-12-21(15)13-7-11-18-17(23)19-14-8-4-3-5-9-14/h14-15H,3-13H2,1-2H3,(H2,18,19,23)/t15-/m0/s1. The van der Waals surface area contributed by atoms with E-state index >= 15 is 0 Å². The van der Waals surface area contributed by atoms with Gasteiger partial charge in [0.2, 0.25) is 5.91 Å². The average Bonchev–Trinajstić information content (AvgIpc) is 3.00. The largest absolute Gasteiger partial charge is 0.347 e. The van der Waals surface area contributed by atoms with Crippen LogP contribution in [0.15, 0.2) is 0 Å². The van der Waals surface area contributed by atoms with Crippen molar-refractivity contribution in [2.75, 3.05) is 33.7 Å². The average molecular weight is 324 g/mol. The molecular weight excluding hydrogens is 292 g/mol. The van der Waals surface area contributed by atoms with E-state index in [2.05, 4.69) is 15.5 Å². The van der Waals surface area contributed by atoms with Crippen LogP contribution < -0.4 is 10.6 Å². The molecule has 0 spiro atoms. The lowest BCUT2D eigenvalue weighted by Gasteiger charge is -2.26. The number of likely N-dealkylation sites (tertiary alicyclic amines) is 1. The fourth-order valence-corrected chi connectivity index (χ4v) is 3.64. The lowest BCUT2D eigenvalue weighted by Crippen LogP contribution is -2.45. The Kier molecular flexibility index (Phi) is 7.15. The Hall–Kier alpha value is -1.30. The van der Waals surface area contributed by atoms with Gasteiger partial charge in [0.05, 0.1) is 6.04 Å². The van der Waals surface area contributed by atoms with Gasteiger partial charge in [-0.15, -0.1) is 0 Å². The minimum atomic E-state index is -0.0424. The Bertz CT molecular complexity index is 394. The second kappa shape index (κ2) is 9.11. The fourth-order valence-electron chi connectivity index (χ4n) is 3.64. The van der Waals surface area contributed by atoms with Gasteiger partial charge in [-0.3, -0.25) is 9.69 Å². The van der Waals surface area contributed by atoms with Crippen LogP contribution in [0, 0.1) is 0 Å². The first kappa shape index (κ1) is 18.0. The zero-order valence-corrected chi connectivity index (χ0v) is 14.6. The molecule has 0 aromatic carbocycles. The number of rotatable bonds is 6. The quantitative estimate of drug-likeness (QED) is 0.729. The molecule has 6 heteroatoms. The van der Waals surface area contributed by atoms with Crippen LogP contribution >= 0.6 is 0 Å². The zero-order chi connectivity index (χ0) is 16.7. The van der Waals surface area contributed by atoms with Crippen molar-refractivity contribution in [1.82, 2.24) is 20.4 Å². The molecule has 0 aromatic rings. The molecule has 0 unspecified atom stereocenters. The van der Waals surface area contributed by atoms with Crippen LogP contribution in [0.3, 0.4) is 0 Å². The molecular formula is C17H32N4O2. The summed E-state index contributed by atoms with van der Waals surface area (Å²) in [6.45, 7) is 2.52. The highest BCUT2D eigenvalue weighted by atomic mass is 16.2. The summed E-state index contributed by atoms with van der Waals surface area (Å²) < 4.78 is 0. The predicted molar refractivity (Wildman–Crippen MR) is 91.3 cm³/mol. The summed E-state index contributed by atoms with van der Waals surface area (Å²) in [5.41, 5.74) is 0. The summed E-state index contributed by atoms with van der Waals surface area (Å²) in [5.74, 6) is 0.200. The SMILES string of the molecule is CN(C)C(=O)[C@@H]1CCCN1CCCNC(=O)NC1CCCCC1. The zero-order valence-electron chi connectivity index (χ0n) is 14.6. The van der Waals surface area contributed by atoms with Gasteiger partial charge in [-0.05, 0) is 38.6 Å². The van der Waals surface area contributed by atoms with E-state index in [4.69, 9.17) is 0 Å². The summed E-state index contributed by atoms with van der Waals surface area (Å²) in [6, 6.07) is 0.338. The van der Waals surface area contributed by atoms with Crippen molar-refractivity contribution in [3.8, 4) is 0 Å². The first-order valence-electron chi connectivity index (χ1n) is 9.07. The van der Waals surface area contributed by atoms with Crippen molar-refractivity contribution in [1.29, 1.82) is 0 Å². The summed E-state index contributed by atoms with van der Waals surface area (Å²) >= 11 is 0. The second-order valence-corrected chi connectivity index (χ2v) is 7.02. The molecule has 3 amide bonds. The number of amides is 3. The van der Waals surface area contributed by atoms with Crippen molar-refractivity contribution < 1.29 is 9.59 Å². The monoisotopic (exact) mass is 324 g/mol. The van der Waals surface area contributed by atoms with Gasteiger partial charge in [0, 0.05) is 33.2 Å². The third kappa shape index (κ3) is 5.68. The number of nitrogens with zero attached hydrogens (tertiary/aromatic N) is 2. The van der Waals surface area contributed by atoms with E-state index in [0.29, 0.717) is 12.6 Å². The molecule has 132 valence electrons. The Morgan fingerprint density at radius 3 is 2.52 bits per heavy atom. The third-order valence-electron chi connectivity index (χ3n) is 4.94. The van der Waals surface area contributed by atoms with E-state index < -0.39 is 0 Å².